The largest absolute Gasteiger partial charge is 0.809 e. The first kappa shape index (κ1) is 18.3. The third-order valence-corrected chi connectivity index (χ3v) is 2.73. The fraction of sp³-hybridized carbons (Fsp3) is 0.125. The Bertz CT molecular complexity index is 644. The molecule has 2 aromatic carbocycles. The van der Waals surface area contributed by atoms with Gasteiger partial charge in [-0.2, -0.15) is 15.9 Å². The molecule has 1 unspecified atom stereocenters. The van der Waals surface area contributed by atoms with Crippen molar-refractivity contribution in [1.82, 2.24) is 0 Å². The van der Waals surface area contributed by atoms with Gasteiger partial charge in [-0.3, -0.25) is 4.79 Å². The van der Waals surface area contributed by atoms with Gasteiger partial charge in [0, 0.05) is 38.4 Å². The molecule has 0 fully saturated rings. The summed E-state index contributed by atoms with van der Waals surface area (Å²) in [5.74, 6) is -0.430. The maximum atomic E-state index is 12.1. The van der Waals surface area contributed by atoms with Crippen LogP contribution in [0.5, 0.6) is 0 Å². The molecule has 0 aromatic heterocycles. The van der Waals surface area contributed by atoms with Gasteiger partial charge in [0.1, 0.15) is 6.04 Å². The number of hydrogen-bond acceptors (Lipinski definition) is 3. The molecule has 1 atom stereocenters. The van der Waals surface area contributed by atoms with E-state index in [0.717, 1.165) is 0 Å². The van der Waals surface area contributed by atoms with Crippen molar-refractivity contribution in [3.63, 3.8) is 0 Å². The molecule has 2 aromatic rings. The Kier molecular flexibility index (Phi) is 7.78. The Morgan fingerprint density at radius 1 is 1.05 bits per heavy atom. The van der Waals surface area contributed by atoms with Crippen molar-refractivity contribution in [2.75, 3.05) is 5.32 Å². The molecule has 1 N–H and O–H groups in total. The summed E-state index contributed by atoms with van der Waals surface area (Å²) in [5, 5.41) is 20.2. The maximum Gasteiger partial charge on any atom is 0.253 e. The van der Waals surface area contributed by atoms with Crippen molar-refractivity contribution in [3.05, 3.63) is 66.1 Å². The molecule has 0 saturated heterocycles. The second kappa shape index (κ2) is 9.33. The average molecular weight is 368 g/mol. The number of rotatable bonds is 5. The van der Waals surface area contributed by atoms with E-state index < -0.39 is 11.9 Å². The number of anilines is 1. The molecule has 0 spiro atoms. The average Bonchev–Trinajstić information content (AvgIpc) is 2.49. The number of benzene rings is 2. The molecule has 2 rings (SSSR count). The molecule has 1 radical (unpaired) electrons. The fourth-order valence-corrected chi connectivity index (χ4v) is 1.68. The first-order valence-corrected chi connectivity index (χ1v) is 6.51. The molecular weight excluding hydrogens is 353 g/mol. The number of carbonyl (C=O) groups excluding carboxylic acids is 1. The number of azo groups is 1. The van der Waals surface area contributed by atoms with Crippen LogP contribution in [-0.4, -0.2) is 17.7 Å². The number of amides is 1. The summed E-state index contributed by atoms with van der Waals surface area (Å²) in [7, 11) is 0. The van der Waals surface area contributed by atoms with Crippen LogP contribution in [0.3, 0.4) is 0 Å². The maximum absolute atomic E-state index is 12.1. The second-order valence-electron chi connectivity index (χ2n) is 4.45. The third-order valence-electron chi connectivity index (χ3n) is 2.73. The van der Waals surface area contributed by atoms with Gasteiger partial charge in [-0.05, 0) is 24.3 Å². The first-order chi connectivity index (χ1) is 10.2. The van der Waals surface area contributed by atoms with Crippen LogP contribution in [-0.2, 0) is 37.5 Å². The Morgan fingerprint density at radius 2 is 1.59 bits per heavy atom. The van der Waals surface area contributed by atoms with Crippen LogP contribution >= 0.6 is 0 Å². The zero-order valence-electron chi connectivity index (χ0n) is 12.2. The van der Waals surface area contributed by atoms with Gasteiger partial charge in [-0.1, -0.05) is 43.3 Å². The molecular formula is C16H15N4OY-. The van der Waals surface area contributed by atoms with Crippen LogP contribution in [0.1, 0.15) is 6.92 Å². The fourth-order valence-electron chi connectivity index (χ4n) is 1.68. The smallest absolute Gasteiger partial charge is 0.253 e. The summed E-state index contributed by atoms with van der Waals surface area (Å²) in [4.78, 5) is 12.1. The van der Waals surface area contributed by atoms with Crippen molar-refractivity contribution in [2.45, 2.75) is 13.0 Å². The van der Waals surface area contributed by atoms with E-state index in [4.69, 9.17) is 0 Å². The van der Waals surface area contributed by atoms with Crippen LogP contribution in [0.25, 0.3) is 5.41 Å². The molecule has 0 aliphatic heterocycles. The molecule has 22 heavy (non-hydrogen) atoms. The SMILES string of the molecule is CC(=[N-])C(N=Nc1ccccc1)C(=O)Nc1ccccc1.[Y]. The Balaban J connectivity index is 0.00000242. The van der Waals surface area contributed by atoms with Gasteiger partial charge in [-0.15, -0.1) is 0 Å². The van der Waals surface area contributed by atoms with E-state index in [0.29, 0.717) is 11.4 Å². The summed E-state index contributed by atoms with van der Waals surface area (Å²) >= 11 is 0. The van der Waals surface area contributed by atoms with E-state index in [-0.39, 0.29) is 38.4 Å². The number of para-hydroxylation sites is 1. The topological polar surface area (TPSA) is 76.1 Å². The number of nitrogens with zero attached hydrogens (tertiary/aromatic N) is 3. The van der Waals surface area contributed by atoms with Gasteiger partial charge in [-0.25, -0.2) is 0 Å². The van der Waals surface area contributed by atoms with Gasteiger partial charge in [0.2, 0.25) is 0 Å². The van der Waals surface area contributed by atoms with Crippen LogP contribution in [0.2, 0.25) is 0 Å². The van der Waals surface area contributed by atoms with Crippen molar-refractivity contribution in [1.29, 1.82) is 0 Å². The van der Waals surface area contributed by atoms with Crippen molar-refractivity contribution >= 4 is 23.0 Å². The molecule has 0 aliphatic carbocycles. The molecule has 5 nitrogen and oxygen atoms in total. The van der Waals surface area contributed by atoms with E-state index >= 15 is 0 Å². The molecule has 109 valence electrons. The minimum atomic E-state index is -1.04. The molecule has 0 bridgehead atoms. The Hall–Kier alpha value is -1.72. The predicted molar refractivity (Wildman–Crippen MR) is 83.9 cm³/mol. The van der Waals surface area contributed by atoms with Gasteiger partial charge in [0.15, 0.2) is 0 Å². The molecule has 0 saturated carbocycles. The summed E-state index contributed by atoms with van der Waals surface area (Å²) < 4.78 is 0. The standard InChI is InChI=1S/C16H15N4O.Y/c1-12(17)15(20-19-14-10-6-3-7-11-14)16(21)18-13-8-4-2-5-9-13;/h2-11,15H,1H3,(H,18,21);/q-1;. The molecule has 6 heteroatoms. The second-order valence-corrected chi connectivity index (χ2v) is 4.45. The van der Waals surface area contributed by atoms with E-state index in [1.807, 2.05) is 36.4 Å². The van der Waals surface area contributed by atoms with Crippen molar-refractivity contribution in [2.24, 2.45) is 10.2 Å². The minimum Gasteiger partial charge on any atom is -0.809 e. The van der Waals surface area contributed by atoms with Gasteiger partial charge < -0.3 is 10.7 Å². The summed E-state index contributed by atoms with van der Waals surface area (Å²) in [6.07, 6.45) is 0. The van der Waals surface area contributed by atoms with E-state index in [9.17, 15) is 10.2 Å². The summed E-state index contributed by atoms with van der Waals surface area (Å²) in [5.41, 5.74) is 1.16. The van der Waals surface area contributed by atoms with E-state index in [2.05, 4.69) is 15.5 Å². The quantitative estimate of drug-likeness (QED) is 0.632. The zero-order chi connectivity index (χ0) is 15.1. The first-order valence-electron chi connectivity index (χ1n) is 6.51. The molecule has 1 amide bonds. The number of carbonyl (C=O) groups is 1. The molecule has 0 aliphatic rings. The van der Waals surface area contributed by atoms with Gasteiger partial charge in [0.25, 0.3) is 5.91 Å². The normalized spacial score (nSPS) is 11.5. The van der Waals surface area contributed by atoms with E-state index in [1.54, 1.807) is 24.3 Å². The Labute approximate surface area is 154 Å². The Morgan fingerprint density at radius 3 is 2.14 bits per heavy atom. The minimum absolute atomic E-state index is 0. The summed E-state index contributed by atoms with van der Waals surface area (Å²) in [6.45, 7) is 1.43. The van der Waals surface area contributed by atoms with Crippen molar-refractivity contribution < 1.29 is 37.5 Å². The number of hydrogen-bond donors (Lipinski definition) is 1. The predicted octanol–water partition coefficient (Wildman–Crippen LogP) is 3.81. The molecule has 0 heterocycles. The van der Waals surface area contributed by atoms with E-state index in [1.165, 1.54) is 6.92 Å². The van der Waals surface area contributed by atoms with Gasteiger partial charge in [0.05, 0.1) is 5.69 Å². The monoisotopic (exact) mass is 368 g/mol. The van der Waals surface area contributed by atoms with Gasteiger partial charge >= 0.3 is 0 Å². The zero-order valence-corrected chi connectivity index (χ0v) is 15.0. The van der Waals surface area contributed by atoms with Crippen molar-refractivity contribution in [3.8, 4) is 0 Å². The summed E-state index contributed by atoms with van der Waals surface area (Å²) in [6, 6.07) is 17.0. The van der Waals surface area contributed by atoms with Crippen LogP contribution in [0.15, 0.2) is 70.9 Å². The third kappa shape index (κ3) is 5.58. The van der Waals surface area contributed by atoms with Crippen LogP contribution < -0.4 is 5.32 Å². The van der Waals surface area contributed by atoms with Crippen LogP contribution in [0, 0.1) is 0 Å². The van der Waals surface area contributed by atoms with Crippen LogP contribution in [0.4, 0.5) is 11.4 Å². The number of nitrogens with one attached hydrogen (secondary N) is 1.